The van der Waals surface area contributed by atoms with E-state index in [9.17, 15) is 9.70 Å². The average Bonchev–Trinajstić information content (AvgIpc) is 2.30. The third kappa shape index (κ3) is 8.41. The molecule has 0 aromatic rings. The van der Waals surface area contributed by atoms with Crippen molar-refractivity contribution in [3.63, 3.8) is 0 Å². The van der Waals surface area contributed by atoms with Gasteiger partial charge in [-0.15, -0.1) is 0 Å². The van der Waals surface area contributed by atoms with Gasteiger partial charge in [0.05, 0.1) is 6.04 Å². The molecule has 0 unspecified atom stereocenters. The van der Waals surface area contributed by atoms with Crippen LogP contribution in [0.5, 0.6) is 0 Å². The molecule has 0 radical (unpaired) electrons. The Hall–Kier alpha value is -1.70. The Morgan fingerprint density at radius 1 is 1.35 bits per heavy atom. The maximum absolute atomic E-state index is 12.0. The van der Waals surface area contributed by atoms with Crippen LogP contribution in [-0.4, -0.2) is 40.6 Å². The Morgan fingerprint density at radius 2 is 1.95 bits per heavy atom. The quantitative estimate of drug-likeness (QED) is 0.210. The van der Waals surface area contributed by atoms with Crippen molar-refractivity contribution in [2.75, 3.05) is 6.54 Å². The van der Waals surface area contributed by atoms with Gasteiger partial charge in [0.1, 0.15) is 4.91 Å². The van der Waals surface area contributed by atoms with Crippen LogP contribution in [0.15, 0.2) is 4.99 Å². The van der Waals surface area contributed by atoms with Gasteiger partial charge < -0.3 is 11.1 Å². The second-order valence-electron chi connectivity index (χ2n) is 5.22. The van der Waals surface area contributed by atoms with E-state index in [1.54, 1.807) is 0 Å². The molecule has 8 heteroatoms. The number of carbonyl (C=O) groups excluding carboxylic acids is 1. The van der Waals surface area contributed by atoms with E-state index in [0.717, 1.165) is 0 Å². The fourth-order valence-corrected chi connectivity index (χ4v) is 1.74. The van der Waals surface area contributed by atoms with Gasteiger partial charge in [0.25, 0.3) is 5.96 Å². The number of guanidine groups is 1. The third-order valence-corrected chi connectivity index (χ3v) is 2.59. The molecule has 5 N–H and O–H groups in total. The van der Waals surface area contributed by atoms with Crippen LogP contribution in [0, 0.1) is 10.8 Å². The summed E-state index contributed by atoms with van der Waals surface area (Å²) >= 11 is 0. The van der Waals surface area contributed by atoms with E-state index in [-0.39, 0.29) is 29.7 Å². The van der Waals surface area contributed by atoms with Crippen molar-refractivity contribution in [1.82, 2.24) is 10.7 Å². The molecule has 0 aromatic heterocycles. The van der Waals surface area contributed by atoms with Crippen LogP contribution < -0.4 is 16.5 Å². The summed E-state index contributed by atoms with van der Waals surface area (Å²) < 4.78 is 0. The van der Waals surface area contributed by atoms with Crippen LogP contribution in [0.4, 0.5) is 0 Å². The number of nitrogens with two attached hydrogens (primary N) is 1. The van der Waals surface area contributed by atoms with Crippen molar-refractivity contribution >= 4 is 11.7 Å². The maximum Gasteiger partial charge on any atom is 0.362 e. The Bertz CT molecular complexity index is 355. The summed E-state index contributed by atoms with van der Waals surface area (Å²) in [6.07, 6.45) is 1.29. The lowest BCUT2D eigenvalue weighted by atomic mass is 9.97. The molecule has 8 nitrogen and oxygen atoms in total. The maximum atomic E-state index is 12.0. The molecule has 0 aromatic carbocycles. The van der Waals surface area contributed by atoms with Crippen LogP contribution in [0.3, 0.4) is 0 Å². The molecule has 0 aliphatic rings. The molecule has 0 fully saturated rings. The first-order chi connectivity index (χ1) is 9.23. The molecular weight excluding hydrogens is 262 g/mol. The van der Waals surface area contributed by atoms with E-state index in [0.29, 0.717) is 19.4 Å². The summed E-state index contributed by atoms with van der Waals surface area (Å²) in [6.45, 7) is 8.10. The van der Waals surface area contributed by atoms with Gasteiger partial charge in [-0.1, -0.05) is 27.7 Å². The summed E-state index contributed by atoms with van der Waals surface area (Å²) in [5.74, 6) is -0.00850. The summed E-state index contributed by atoms with van der Waals surface area (Å²) in [4.78, 5) is 26.1. The number of nitrogens with zero attached hydrogens (tertiary/aromatic N) is 2. The van der Waals surface area contributed by atoms with Gasteiger partial charge in [-0.25, -0.2) is 10.2 Å². The Morgan fingerprint density at radius 3 is 2.40 bits per heavy atom. The minimum atomic E-state index is -0.510. The fourth-order valence-electron chi connectivity index (χ4n) is 1.74. The molecule has 116 valence electrons. The van der Waals surface area contributed by atoms with Crippen LogP contribution >= 0.6 is 0 Å². The largest absolute Gasteiger partial charge is 0.365 e. The second kappa shape index (κ2) is 9.24. The van der Waals surface area contributed by atoms with Gasteiger partial charge in [0.2, 0.25) is 0 Å². The van der Waals surface area contributed by atoms with Gasteiger partial charge in [-0.05, 0) is 18.3 Å². The van der Waals surface area contributed by atoms with E-state index >= 15 is 0 Å². The Labute approximate surface area is 119 Å². The van der Waals surface area contributed by atoms with Crippen molar-refractivity contribution in [2.24, 2.45) is 16.6 Å². The number of ketones is 1. The summed E-state index contributed by atoms with van der Waals surface area (Å²) in [5.41, 5.74) is 7.22. The highest BCUT2D eigenvalue weighted by Crippen LogP contribution is 2.07. The van der Waals surface area contributed by atoms with Crippen molar-refractivity contribution in [2.45, 2.75) is 52.6 Å². The third-order valence-electron chi connectivity index (χ3n) is 2.59. The summed E-state index contributed by atoms with van der Waals surface area (Å²) in [6, 6.07) is 0.0228. The first-order valence-electron chi connectivity index (χ1n) is 6.76. The van der Waals surface area contributed by atoms with Crippen molar-refractivity contribution in [1.29, 1.82) is 0 Å². The number of aliphatic imine (C=N–C) groups is 1. The number of hydrazine groups is 1. The molecule has 0 saturated heterocycles. The van der Waals surface area contributed by atoms with E-state index in [1.165, 1.54) is 0 Å². The number of hydrogen-bond acceptors (Lipinski definition) is 4. The van der Waals surface area contributed by atoms with E-state index in [4.69, 9.17) is 10.9 Å². The predicted octanol–water partition coefficient (Wildman–Crippen LogP) is 0.346. The fraction of sp³-hybridized carbons (Fsp3) is 0.833. The summed E-state index contributed by atoms with van der Waals surface area (Å²) in [7, 11) is 0. The number of Topliss-reactive ketones (excluding diaryl/α,β-unsaturated/α-hetero) is 1. The van der Waals surface area contributed by atoms with Gasteiger partial charge in [-0.2, -0.15) is 0 Å². The molecule has 0 amide bonds. The standard InChI is InChI=1S/C12H26N5O3/c1-8(2)11(18)10(15-9(3)4)6-5-7-14-12(13)16-17(19)20/h8-10,15H,5-7H2,1-4H3,(H,19,20)(H3,13,14,16)/q+1/t10-/m0/s1. The molecular formula is C12H26N5O3+. The molecule has 0 saturated carbocycles. The molecule has 0 aliphatic carbocycles. The Kier molecular flexibility index (Phi) is 8.46. The van der Waals surface area contributed by atoms with Crippen LogP contribution in [0.25, 0.3) is 0 Å². The topological polar surface area (TPSA) is 120 Å². The zero-order valence-corrected chi connectivity index (χ0v) is 12.6. The van der Waals surface area contributed by atoms with Crippen molar-refractivity contribution < 1.29 is 15.0 Å². The molecule has 0 heterocycles. The molecule has 0 bridgehead atoms. The first kappa shape index (κ1) is 18.3. The minimum absolute atomic E-state index is 0.0232. The molecule has 20 heavy (non-hydrogen) atoms. The lowest BCUT2D eigenvalue weighted by Crippen LogP contribution is -2.43. The van der Waals surface area contributed by atoms with Crippen LogP contribution in [0.1, 0.15) is 40.5 Å². The van der Waals surface area contributed by atoms with E-state index in [1.807, 2.05) is 33.1 Å². The number of nitrogens with one attached hydrogen (secondary N) is 2. The zero-order chi connectivity index (χ0) is 15.7. The molecule has 0 aliphatic heterocycles. The van der Waals surface area contributed by atoms with Gasteiger partial charge in [0, 0.05) is 18.5 Å². The lowest BCUT2D eigenvalue weighted by Gasteiger charge is -2.21. The highest BCUT2D eigenvalue weighted by atomic mass is 16.7. The van der Waals surface area contributed by atoms with Gasteiger partial charge in [0.15, 0.2) is 5.78 Å². The SMILES string of the molecule is CC(C)N[C@@H](CCCN=C(N)N[N+](=O)O)C(=O)C(C)C. The van der Waals surface area contributed by atoms with Crippen molar-refractivity contribution in [3.05, 3.63) is 4.91 Å². The lowest BCUT2D eigenvalue weighted by molar-refractivity contribution is -0.822. The first-order valence-corrected chi connectivity index (χ1v) is 6.76. The van der Waals surface area contributed by atoms with Crippen molar-refractivity contribution in [3.8, 4) is 0 Å². The number of hydrogen-bond donors (Lipinski definition) is 4. The highest BCUT2D eigenvalue weighted by molar-refractivity contribution is 5.85. The zero-order valence-electron chi connectivity index (χ0n) is 12.6. The van der Waals surface area contributed by atoms with E-state index < -0.39 is 5.03 Å². The Balaban J connectivity index is 4.27. The normalized spacial score (nSPS) is 13.6. The monoisotopic (exact) mass is 288 g/mol. The predicted molar refractivity (Wildman–Crippen MR) is 76.2 cm³/mol. The van der Waals surface area contributed by atoms with Gasteiger partial charge >= 0.3 is 5.03 Å². The summed E-state index contributed by atoms with van der Waals surface area (Å²) in [5, 5.41) is 11.1. The minimum Gasteiger partial charge on any atom is -0.365 e. The van der Waals surface area contributed by atoms with E-state index in [2.05, 4.69) is 10.3 Å². The average molecular weight is 288 g/mol. The smallest absolute Gasteiger partial charge is 0.362 e. The van der Waals surface area contributed by atoms with Crippen LogP contribution in [-0.2, 0) is 4.79 Å². The highest BCUT2D eigenvalue weighted by Gasteiger charge is 2.21. The number of carbonyl (C=O) groups is 1. The molecule has 0 spiro atoms. The number of rotatable bonds is 9. The molecule has 0 rings (SSSR count). The van der Waals surface area contributed by atoms with Gasteiger partial charge in [-0.3, -0.25) is 4.79 Å². The second-order valence-corrected chi connectivity index (χ2v) is 5.22. The van der Waals surface area contributed by atoms with Crippen LogP contribution in [0.2, 0.25) is 0 Å². The molecule has 1 atom stereocenters.